The lowest BCUT2D eigenvalue weighted by molar-refractivity contribution is -0.170. The zero-order valence-corrected chi connectivity index (χ0v) is 11.1. The van der Waals surface area contributed by atoms with Crippen molar-refractivity contribution in [2.45, 2.75) is 51.9 Å². The second-order valence-electron chi connectivity index (χ2n) is 5.40. The second-order valence-corrected chi connectivity index (χ2v) is 5.40. The van der Waals surface area contributed by atoms with Crippen molar-refractivity contribution in [3.63, 3.8) is 0 Å². The van der Waals surface area contributed by atoms with E-state index in [-0.39, 0.29) is 24.0 Å². The van der Waals surface area contributed by atoms with E-state index in [1.165, 1.54) is 0 Å². The third-order valence-electron chi connectivity index (χ3n) is 3.79. The molecule has 17 heavy (non-hydrogen) atoms. The molecule has 2 unspecified atom stereocenters. The van der Waals surface area contributed by atoms with Crippen LogP contribution in [0.15, 0.2) is 0 Å². The van der Waals surface area contributed by atoms with Gasteiger partial charge in [0, 0.05) is 25.0 Å². The van der Waals surface area contributed by atoms with Crippen LogP contribution in [0.4, 0.5) is 0 Å². The Hall–Kier alpha value is -0.650. The van der Waals surface area contributed by atoms with Gasteiger partial charge < -0.3 is 20.9 Å². The predicted octanol–water partition coefficient (Wildman–Crippen LogP) is 0.0159. The van der Waals surface area contributed by atoms with Crippen LogP contribution >= 0.6 is 0 Å². The number of carbonyl (C=O) groups is 1. The molecule has 5 nitrogen and oxygen atoms in total. The summed E-state index contributed by atoms with van der Waals surface area (Å²) in [7, 11) is 0. The molecular weight excluding hydrogens is 220 g/mol. The van der Waals surface area contributed by atoms with Gasteiger partial charge in [-0.2, -0.15) is 0 Å². The Morgan fingerprint density at radius 2 is 2.24 bits per heavy atom. The van der Waals surface area contributed by atoms with Gasteiger partial charge in [0.2, 0.25) is 5.91 Å². The third-order valence-corrected chi connectivity index (χ3v) is 3.79. The van der Waals surface area contributed by atoms with E-state index in [4.69, 9.17) is 15.6 Å². The summed E-state index contributed by atoms with van der Waals surface area (Å²) in [5.74, 6) is -0.209. The highest BCUT2D eigenvalue weighted by molar-refractivity contribution is 5.88. The summed E-state index contributed by atoms with van der Waals surface area (Å²) in [5.41, 5.74) is 4.87. The van der Waals surface area contributed by atoms with E-state index in [2.05, 4.69) is 5.32 Å². The number of hydrogen-bond donors (Lipinski definition) is 3. The lowest BCUT2D eigenvalue weighted by Crippen LogP contribution is -2.76. The Kier molecular flexibility index (Phi) is 4.17. The van der Waals surface area contributed by atoms with Gasteiger partial charge in [0.15, 0.2) is 0 Å². The average Bonchev–Trinajstić information content (AvgIpc) is 2.25. The van der Waals surface area contributed by atoms with Crippen LogP contribution in [0.1, 0.15) is 34.1 Å². The minimum atomic E-state index is -0.901. The largest absolute Gasteiger partial charge is 0.392 e. The van der Waals surface area contributed by atoms with Gasteiger partial charge in [-0.05, 0) is 13.8 Å². The molecule has 0 aliphatic heterocycles. The van der Waals surface area contributed by atoms with Crippen molar-refractivity contribution in [3.8, 4) is 0 Å². The Morgan fingerprint density at radius 3 is 2.65 bits per heavy atom. The minimum absolute atomic E-state index is 0.0230. The lowest BCUT2D eigenvalue weighted by Gasteiger charge is -2.57. The van der Waals surface area contributed by atoms with Crippen LogP contribution in [-0.4, -0.2) is 41.9 Å². The second kappa shape index (κ2) is 4.92. The fraction of sp³-hybridized carbons (Fsp3) is 0.917. The molecule has 100 valence electrons. The van der Waals surface area contributed by atoms with Crippen LogP contribution in [0.25, 0.3) is 0 Å². The van der Waals surface area contributed by atoms with Crippen LogP contribution < -0.4 is 11.1 Å². The molecular formula is C12H24N2O3. The number of ether oxygens (including phenoxy) is 1. The Bertz CT molecular complexity index is 291. The zero-order valence-electron chi connectivity index (χ0n) is 11.1. The first-order valence-corrected chi connectivity index (χ1v) is 6.12. The van der Waals surface area contributed by atoms with Gasteiger partial charge >= 0.3 is 0 Å². The van der Waals surface area contributed by atoms with Crippen molar-refractivity contribution in [1.29, 1.82) is 0 Å². The standard InChI is InChI=1S/C12H24N2O3/c1-5-17-9-6-12(13,11(9,3)4)10(16)14-7-8(2)15/h8-9,15H,5-7,13H2,1-4H3,(H,14,16)/t8-,9?,12?/m0/s1. The van der Waals surface area contributed by atoms with Crippen molar-refractivity contribution < 1.29 is 14.6 Å². The molecule has 0 aromatic rings. The monoisotopic (exact) mass is 244 g/mol. The number of carbonyl (C=O) groups excluding carboxylic acids is 1. The number of amides is 1. The van der Waals surface area contributed by atoms with Crippen LogP contribution in [0.3, 0.4) is 0 Å². The minimum Gasteiger partial charge on any atom is -0.392 e. The SMILES string of the molecule is CCOC1CC(N)(C(=O)NC[C@H](C)O)C1(C)C. The number of aliphatic hydroxyl groups excluding tert-OH is 1. The van der Waals surface area contributed by atoms with Crippen LogP contribution in [0, 0.1) is 5.41 Å². The van der Waals surface area contributed by atoms with Gasteiger partial charge in [-0.3, -0.25) is 4.79 Å². The molecule has 0 radical (unpaired) electrons. The van der Waals surface area contributed by atoms with E-state index >= 15 is 0 Å². The van der Waals surface area contributed by atoms with Crippen molar-refractivity contribution >= 4 is 5.91 Å². The number of rotatable bonds is 5. The van der Waals surface area contributed by atoms with Crippen LogP contribution in [-0.2, 0) is 9.53 Å². The summed E-state index contributed by atoms with van der Waals surface area (Å²) >= 11 is 0. The summed E-state index contributed by atoms with van der Waals surface area (Å²) < 4.78 is 5.55. The first-order valence-electron chi connectivity index (χ1n) is 6.12. The smallest absolute Gasteiger partial charge is 0.240 e. The zero-order chi connectivity index (χ0) is 13.3. The molecule has 0 saturated heterocycles. The molecule has 0 heterocycles. The first kappa shape index (κ1) is 14.4. The molecule has 0 spiro atoms. The quantitative estimate of drug-likeness (QED) is 0.636. The van der Waals surface area contributed by atoms with E-state index < -0.39 is 11.6 Å². The van der Waals surface area contributed by atoms with E-state index in [0.29, 0.717) is 13.0 Å². The van der Waals surface area contributed by atoms with Crippen molar-refractivity contribution in [3.05, 3.63) is 0 Å². The van der Waals surface area contributed by atoms with Crippen molar-refractivity contribution in [2.75, 3.05) is 13.2 Å². The Balaban J connectivity index is 2.62. The number of nitrogens with one attached hydrogen (secondary N) is 1. The summed E-state index contributed by atoms with van der Waals surface area (Å²) in [6, 6.07) is 0. The molecule has 4 N–H and O–H groups in total. The van der Waals surface area contributed by atoms with Crippen molar-refractivity contribution in [2.24, 2.45) is 11.1 Å². The van der Waals surface area contributed by atoms with Crippen molar-refractivity contribution in [1.82, 2.24) is 5.32 Å². The third kappa shape index (κ3) is 2.46. The summed E-state index contributed by atoms with van der Waals surface area (Å²) in [6.07, 6.45) is -0.0114. The Morgan fingerprint density at radius 1 is 1.65 bits per heavy atom. The van der Waals surface area contributed by atoms with Gasteiger partial charge in [0.25, 0.3) is 0 Å². The maximum absolute atomic E-state index is 12.0. The summed E-state index contributed by atoms with van der Waals surface area (Å²) in [4.78, 5) is 12.0. The van der Waals surface area contributed by atoms with E-state index in [9.17, 15) is 4.79 Å². The molecule has 1 amide bonds. The summed E-state index contributed by atoms with van der Waals surface area (Å²) in [6.45, 7) is 8.29. The van der Waals surface area contributed by atoms with Gasteiger partial charge in [0.1, 0.15) is 5.54 Å². The molecule has 1 saturated carbocycles. The summed E-state index contributed by atoms with van der Waals surface area (Å²) in [5, 5.41) is 11.8. The highest BCUT2D eigenvalue weighted by Crippen LogP contribution is 2.49. The van der Waals surface area contributed by atoms with Crippen LogP contribution in [0.2, 0.25) is 0 Å². The maximum Gasteiger partial charge on any atom is 0.240 e. The lowest BCUT2D eigenvalue weighted by atomic mass is 9.54. The first-order chi connectivity index (χ1) is 7.75. The molecule has 0 aromatic heterocycles. The number of aliphatic hydroxyl groups is 1. The molecule has 1 rings (SSSR count). The number of nitrogens with two attached hydrogens (primary N) is 1. The molecule has 1 fully saturated rings. The molecule has 0 bridgehead atoms. The topological polar surface area (TPSA) is 84.6 Å². The molecule has 3 atom stereocenters. The maximum atomic E-state index is 12.0. The average molecular weight is 244 g/mol. The van der Waals surface area contributed by atoms with E-state index in [1.807, 2.05) is 20.8 Å². The normalized spacial score (nSPS) is 32.7. The van der Waals surface area contributed by atoms with E-state index in [0.717, 1.165) is 0 Å². The van der Waals surface area contributed by atoms with Gasteiger partial charge in [-0.15, -0.1) is 0 Å². The van der Waals surface area contributed by atoms with E-state index in [1.54, 1.807) is 6.92 Å². The highest BCUT2D eigenvalue weighted by atomic mass is 16.5. The van der Waals surface area contributed by atoms with Gasteiger partial charge in [0.05, 0.1) is 12.2 Å². The predicted molar refractivity (Wildman–Crippen MR) is 65.4 cm³/mol. The fourth-order valence-corrected chi connectivity index (χ4v) is 2.22. The number of hydrogen-bond acceptors (Lipinski definition) is 4. The molecule has 1 aliphatic rings. The Labute approximate surface area is 103 Å². The molecule has 1 aliphatic carbocycles. The van der Waals surface area contributed by atoms with Crippen LogP contribution in [0.5, 0.6) is 0 Å². The molecule has 5 heteroatoms. The highest BCUT2D eigenvalue weighted by Gasteiger charge is 2.62. The molecule has 0 aromatic carbocycles. The fourth-order valence-electron chi connectivity index (χ4n) is 2.22. The van der Waals surface area contributed by atoms with Gasteiger partial charge in [-0.25, -0.2) is 0 Å². The van der Waals surface area contributed by atoms with Gasteiger partial charge in [-0.1, -0.05) is 13.8 Å².